The minimum absolute atomic E-state index is 0.00662. The van der Waals surface area contributed by atoms with E-state index in [4.69, 9.17) is 11.5 Å². The molecule has 50 valence electrons. The fraction of sp³-hybridized carbons (Fsp3) is 0.500. The summed E-state index contributed by atoms with van der Waals surface area (Å²) in [5, 5.41) is 8.70. The Morgan fingerprint density at radius 2 is 2.56 bits per heavy atom. The molecule has 0 aliphatic rings. The van der Waals surface area contributed by atoms with E-state index in [0.717, 1.165) is 0 Å². The molecule has 9 heavy (non-hydrogen) atoms. The van der Waals surface area contributed by atoms with Gasteiger partial charge in [-0.15, -0.1) is 12.3 Å². The van der Waals surface area contributed by atoms with Crippen molar-refractivity contribution in [2.24, 2.45) is 0 Å². The molecule has 0 fully saturated rings. The lowest BCUT2D eigenvalue weighted by Gasteiger charge is -2.01. The molecule has 0 bridgehead atoms. The van der Waals surface area contributed by atoms with Crippen molar-refractivity contribution in [3.05, 3.63) is 0 Å². The molecule has 0 aromatic carbocycles. The van der Waals surface area contributed by atoms with Crippen molar-refractivity contribution in [3.8, 4) is 12.3 Å². The Balaban J connectivity index is 3.62. The number of carbonyl (C=O) groups excluding carboxylic acids is 1. The number of esters is 1. The summed E-state index contributed by atoms with van der Waals surface area (Å²) in [4.78, 5) is 10.3. The molecule has 1 N–H and O–H groups in total. The van der Waals surface area contributed by atoms with Gasteiger partial charge in [-0.3, -0.25) is 0 Å². The summed E-state index contributed by atoms with van der Waals surface area (Å²) >= 11 is 0. The smallest absolute Gasteiger partial charge is 0.335 e. The molecule has 0 aromatic heterocycles. The van der Waals surface area contributed by atoms with Gasteiger partial charge in [0, 0.05) is 6.42 Å². The molecule has 0 rings (SSSR count). The highest BCUT2D eigenvalue weighted by Crippen LogP contribution is 1.90. The van der Waals surface area contributed by atoms with Gasteiger partial charge >= 0.3 is 5.97 Å². The highest BCUT2D eigenvalue weighted by atomic mass is 16.5. The fourth-order valence-corrected chi connectivity index (χ4v) is 0.331. The first-order chi connectivity index (χ1) is 4.22. The number of ether oxygens (including phenoxy) is 1. The van der Waals surface area contributed by atoms with E-state index in [2.05, 4.69) is 10.7 Å². The number of aliphatic hydroxyl groups is 1. The Labute approximate surface area is 53.6 Å². The Hall–Kier alpha value is -1.01. The lowest BCUT2D eigenvalue weighted by atomic mass is 10.3. The zero-order valence-electron chi connectivity index (χ0n) is 5.13. The molecule has 0 aliphatic heterocycles. The number of aliphatic hydroxyl groups excluding tert-OH is 1. The van der Waals surface area contributed by atoms with Gasteiger partial charge in [-0.25, -0.2) is 4.79 Å². The Bertz CT molecular complexity index is 134. The van der Waals surface area contributed by atoms with Crippen LogP contribution in [-0.4, -0.2) is 24.3 Å². The highest BCUT2D eigenvalue weighted by Gasteiger charge is 2.12. The largest absolute Gasteiger partial charge is 0.467 e. The SMILES string of the molecule is C#CCC(O)C(=O)OC. The van der Waals surface area contributed by atoms with Crippen molar-refractivity contribution < 1.29 is 14.6 Å². The summed E-state index contributed by atoms with van der Waals surface area (Å²) in [6.45, 7) is 0. The normalized spacial score (nSPS) is 11.7. The zero-order valence-corrected chi connectivity index (χ0v) is 5.13. The van der Waals surface area contributed by atoms with E-state index in [9.17, 15) is 4.79 Å². The van der Waals surface area contributed by atoms with Crippen molar-refractivity contribution in [1.82, 2.24) is 0 Å². The molecule has 1 atom stereocenters. The number of hydrogen-bond donors (Lipinski definition) is 1. The minimum Gasteiger partial charge on any atom is -0.467 e. The molecular weight excluding hydrogens is 120 g/mol. The maximum atomic E-state index is 10.3. The number of rotatable bonds is 2. The Morgan fingerprint density at radius 1 is 2.00 bits per heavy atom. The molecule has 0 spiro atoms. The van der Waals surface area contributed by atoms with Gasteiger partial charge in [0.2, 0.25) is 0 Å². The van der Waals surface area contributed by atoms with E-state index in [1.165, 1.54) is 7.11 Å². The van der Waals surface area contributed by atoms with Crippen LogP contribution < -0.4 is 0 Å². The maximum absolute atomic E-state index is 10.3. The summed E-state index contributed by atoms with van der Waals surface area (Å²) in [7, 11) is 1.20. The average Bonchev–Trinajstić information content (AvgIpc) is 1.87. The van der Waals surface area contributed by atoms with Crippen LogP contribution in [0.2, 0.25) is 0 Å². The summed E-state index contributed by atoms with van der Waals surface area (Å²) in [6.07, 6.45) is 3.64. The van der Waals surface area contributed by atoms with Crippen LogP contribution in [0.4, 0.5) is 0 Å². The van der Waals surface area contributed by atoms with Gasteiger partial charge in [0.15, 0.2) is 6.10 Å². The predicted octanol–water partition coefficient (Wildman–Crippen LogP) is -0.456. The monoisotopic (exact) mass is 128 g/mol. The van der Waals surface area contributed by atoms with Crippen LogP contribution in [0.1, 0.15) is 6.42 Å². The molecule has 0 aliphatic carbocycles. The molecule has 0 radical (unpaired) electrons. The molecule has 0 saturated carbocycles. The van der Waals surface area contributed by atoms with Gasteiger partial charge in [0.1, 0.15) is 0 Å². The predicted molar refractivity (Wildman–Crippen MR) is 31.5 cm³/mol. The molecular formula is C6H8O3. The van der Waals surface area contributed by atoms with Gasteiger partial charge in [0.05, 0.1) is 7.11 Å². The van der Waals surface area contributed by atoms with E-state index in [1.807, 2.05) is 0 Å². The number of terminal acetylenes is 1. The molecule has 0 aromatic rings. The van der Waals surface area contributed by atoms with Crippen LogP contribution >= 0.6 is 0 Å². The first-order valence-electron chi connectivity index (χ1n) is 2.41. The van der Waals surface area contributed by atoms with Crippen molar-refractivity contribution in [1.29, 1.82) is 0 Å². The first-order valence-corrected chi connectivity index (χ1v) is 2.41. The van der Waals surface area contributed by atoms with Crippen molar-refractivity contribution in [2.75, 3.05) is 7.11 Å². The second kappa shape index (κ2) is 3.93. The second-order valence-corrected chi connectivity index (χ2v) is 1.45. The van der Waals surface area contributed by atoms with Gasteiger partial charge in [0.25, 0.3) is 0 Å². The van der Waals surface area contributed by atoms with Crippen LogP contribution in [0, 0.1) is 12.3 Å². The van der Waals surface area contributed by atoms with Crippen molar-refractivity contribution in [2.45, 2.75) is 12.5 Å². The van der Waals surface area contributed by atoms with E-state index in [-0.39, 0.29) is 6.42 Å². The number of methoxy groups -OCH3 is 1. The van der Waals surface area contributed by atoms with Crippen LogP contribution in [-0.2, 0) is 9.53 Å². The standard InChI is InChI=1S/C6H8O3/c1-3-4-5(7)6(8)9-2/h1,5,7H,4H2,2H3. The maximum Gasteiger partial charge on any atom is 0.335 e. The Morgan fingerprint density at radius 3 is 2.89 bits per heavy atom. The zero-order chi connectivity index (χ0) is 7.28. The van der Waals surface area contributed by atoms with E-state index in [0.29, 0.717) is 0 Å². The van der Waals surface area contributed by atoms with Crippen molar-refractivity contribution >= 4 is 5.97 Å². The van der Waals surface area contributed by atoms with Crippen LogP contribution in [0.25, 0.3) is 0 Å². The molecule has 0 saturated heterocycles. The number of carbonyl (C=O) groups is 1. The summed E-state index contributed by atoms with van der Waals surface area (Å²) in [5.74, 6) is 1.44. The average molecular weight is 128 g/mol. The highest BCUT2D eigenvalue weighted by molar-refractivity contribution is 5.74. The van der Waals surface area contributed by atoms with E-state index < -0.39 is 12.1 Å². The third kappa shape index (κ3) is 2.73. The van der Waals surface area contributed by atoms with Crippen LogP contribution in [0.15, 0.2) is 0 Å². The van der Waals surface area contributed by atoms with Gasteiger partial charge in [-0.05, 0) is 0 Å². The van der Waals surface area contributed by atoms with Gasteiger partial charge < -0.3 is 9.84 Å². The summed E-state index contributed by atoms with van der Waals surface area (Å²) in [5.41, 5.74) is 0. The Kier molecular flexibility index (Phi) is 3.49. The van der Waals surface area contributed by atoms with Crippen LogP contribution in [0.5, 0.6) is 0 Å². The van der Waals surface area contributed by atoms with E-state index >= 15 is 0 Å². The molecule has 3 nitrogen and oxygen atoms in total. The van der Waals surface area contributed by atoms with Crippen molar-refractivity contribution in [3.63, 3.8) is 0 Å². The minimum atomic E-state index is -1.17. The molecule has 0 heterocycles. The quantitative estimate of drug-likeness (QED) is 0.404. The third-order valence-electron chi connectivity index (χ3n) is 0.784. The molecule has 1 unspecified atom stereocenters. The molecule has 0 amide bonds. The lowest BCUT2D eigenvalue weighted by molar-refractivity contribution is -0.150. The topological polar surface area (TPSA) is 46.5 Å². The fourth-order valence-electron chi connectivity index (χ4n) is 0.331. The van der Waals surface area contributed by atoms with Crippen LogP contribution in [0.3, 0.4) is 0 Å². The molecule has 3 heteroatoms. The number of hydrogen-bond acceptors (Lipinski definition) is 3. The summed E-state index contributed by atoms with van der Waals surface area (Å²) in [6, 6.07) is 0. The second-order valence-electron chi connectivity index (χ2n) is 1.45. The van der Waals surface area contributed by atoms with Gasteiger partial charge in [-0.1, -0.05) is 0 Å². The van der Waals surface area contributed by atoms with Gasteiger partial charge in [-0.2, -0.15) is 0 Å². The van der Waals surface area contributed by atoms with E-state index in [1.54, 1.807) is 0 Å². The lowest BCUT2D eigenvalue weighted by Crippen LogP contribution is -2.20. The first kappa shape index (κ1) is 7.99. The third-order valence-corrected chi connectivity index (χ3v) is 0.784. The summed E-state index contributed by atoms with van der Waals surface area (Å²) < 4.78 is 4.18.